The Hall–Kier alpha value is -3.76. The van der Waals surface area contributed by atoms with Crippen LogP contribution in [0.2, 0.25) is 0 Å². The molecule has 0 bridgehead atoms. The largest absolute Gasteiger partial charge is 1.00 e. The molecule has 0 aliphatic heterocycles. The van der Waals surface area contributed by atoms with Crippen LogP contribution >= 0.6 is 0 Å². The number of pyridine rings is 1. The van der Waals surface area contributed by atoms with Crippen molar-refractivity contribution in [1.29, 1.82) is 0 Å². The van der Waals surface area contributed by atoms with Crippen molar-refractivity contribution in [3.63, 3.8) is 0 Å². The molecular formula is C30H29N4NaO2. The van der Waals surface area contributed by atoms with E-state index < -0.39 is 0 Å². The Morgan fingerprint density at radius 3 is 2.14 bits per heavy atom. The smallest absolute Gasteiger partial charge is 1.00 e. The maximum absolute atomic E-state index is 7.25. The second kappa shape index (κ2) is 12.0. The number of hydrogen-bond acceptors (Lipinski definition) is 5. The molecule has 7 heteroatoms. The van der Waals surface area contributed by atoms with Gasteiger partial charge in [-0.25, -0.2) is 9.83 Å². The maximum atomic E-state index is 7.25. The third kappa shape index (κ3) is 5.65. The summed E-state index contributed by atoms with van der Waals surface area (Å²) in [5.41, 5.74) is 18.2. The molecule has 5 aromatic rings. The predicted molar refractivity (Wildman–Crippen MR) is 150 cm³/mol. The van der Waals surface area contributed by atoms with E-state index in [1.165, 1.54) is 5.56 Å². The van der Waals surface area contributed by atoms with Crippen molar-refractivity contribution in [1.82, 2.24) is 4.98 Å². The molecule has 1 aromatic heterocycles. The number of nitrogen functional groups attached to an aromatic ring is 2. The summed E-state index contributed by atoms with van der Waals surface area (Å²) in [6.07, 6.45) is 0. The Labute approximate surface area is 240 Å². The minimum Gasteiger partial charge on any atom is -1.00 e. The minimum atomic E-state index is 0. The summed E-state index contributed by atoms with van der Waals surface area (Å²) in [6.45, 7) is 11.3. The van der Waals surface area contributed by atoms with E-state index in [1.54, 1.807) is 26.4 Å². The minimum absolute atomic E-state index is 0. The van der Waals surface area contributed by atoms with Crippen molar-refractivity contribution < 1.29 is 40.5 Å². The number of rotatable bonds is 3. The predicted octanol–water partition coefficient (Wildman–Crippen LogP) is 4.21. The normalized spacial score (nSPS) is 10.1. The Balaban J connectivity index is 0.000000253. The summed E-state index contributed by atoms with van der Waals surface area (Å²) in [7, 11) is 3.26. The zero-order valence-electron chi connectivity index (χ0n) is 22.8. The summed E-state index contributed by atoms with van der Waals surface area (Å²) in [5, 5.41) is 3.22. The van der Waals surface area contributed by atoms with E-state index in [4.69, 9.17) is 27.5 Å². The molecule has 0 atom stereocenters. The van der Waals surface area contributed by atoms with Crippen molar-refractivity contribution in [2.24, 2.45) is 0 Å². The molecule has 0 saturated heterocycles. The van der Waals surface area contributed by atoms with Gasteiger partial charge in [-0.05, 0) is 84.0 Å². The van der Waals surface area contributed by atoms with Crippen LogP contribution in [0.15, 0.2) is 72.8 Å². The molecule has 0 radical (unpaired) electrons. The van der Waals surface area contributed by atoms with Gasteiger partial charge < -0.3 is 22.4 Å². The first kappa shape index (κ1) is 27.8. The number of fused-ring (bicyclic) bond motifs is 3. The Bertz CT molecular complexity index is 1610. The molecule has 0 fully saturated rings. The molecule has 5 rings (SSSR count). The number of ether oxygens (including phenoxy) is 2. The number of nitrogens with zero attached hydrogens (tertiary/aromatic N) is 2. The van der Waals surface area contributed by atoms with Crippen LogP contribution in [-0.4, -0.2) is 19.2 Å². The van der Waals surface area contributed by atoms with Gasteiger partial charge in [0.1, 0.15) is 17.3 Å². The van der Waals surface area contributed by atoms with Crippen LogP contribution in [0.4, 0.5) is 17.2 Å². The molecule has 4 N–H and O–H groups in total. The van der Waals surface area contributed by atoms with Gasteiger partial charge in [-0.1, -0.05) is 30.3 Å². The van der Waals surface area contributed by atoms with Gasteiger partial charge in [0.25, 0.3) is 0 Å². The van der Waals surface area contributed by atoms with Gasteiger partial charge >= 0.3 is 29.6 Å². The average molecular weight is 501 g/mol. The van der Waals surface area contributed by atoms with E-state index in [0.717, 1.165) is 49.9 Å². The molecule has 6 nitrogen and oxygen atoms in total. The molecule has 0 saturated carbocycles. The SMILES string of the molecule is COc1ccc2c(c1)c(N)nc1cccc(C)c12.[C-]#[N+]c1ccc(OC)cc1-c1c(C)cccc1N.[H-].[Na+]. The molecule has 0 unspecified atom stereocenters. The van der Waals surface area contributed by atoms with Gasteiger partial charge in [0.05, 0.1) is 26.3 Å². The third-order valence-corrected chi connectivity index (χ3v) is 6.16. The van der Waals surface area contributed by atoms with Gasteiger partial charge in [0.15, 0.2) is 5.69 Å². The zero-order chi connectivity index (χ0) is 25.8. The number of benzene rings is 4. The molecule has 0 aliphatic rings. The first-order chi connectivity index (χ1) is 17.4. The molecule has 37 heavy (non-hydrogen) atoms. The van der Waals surface area contributed by atoms with E-state index in [2.05, 4.69) is 22.8 Å². The van der Waals surface area contributed by atoms with Gasteiger partial charge in [0.2, 0.25) is 0 Å². The van der Waals surface area contributed by atoms with Crippen molar-refractivity contribution in [2.45, 2.75) is 13.8 Å². The summed E-state index contributed by atoms with van der Waals surface area (Å²) >= 11 is 0. The van der Waals surface area contributed by atoms with Crippen LogP contribution in [0.1, 0.15) is 12.6 Å². The van der Waals surface area contributed by atoms with E-state index >= 15 is 0 Å². The van der Waals surface area contributed by atoms with Crippen LogP contribution in [0.5, 0.6) is 11.5 Å². The first-order valence-corrected chi connectivity index (χ1v) is 11.4. The van der Waals surface area contributed by atoms with Crippen LogP contribution in [-0.2, 0) is 0 Å². The topological polar surface area (TPSA) is 87.8 Å². The maximum Gasteiger partial charge on any atom is 1.00 e. The summed E-state index contributed by atoms with van der Waals surface area (Å²) in [5.74, 6) is 2.06. The third-order valence-electron chi connectivity index (χ3n) is 6.16. The number of anilines is 2. The molecule has 0 aliphatic carbocycles. The van der Waals surface area contributed by atoms with Gasteiger partial charge in [-0.3, -0.25) is 0 Å². The number of aryl methyl sites for hydroxylation is 2. The van der Waals surface area contributed by atoms with Crippen LogP contribution in [0, 0.1) is 20.4 Å². The molecule has 182 valence electrons. The summed E-state index contributed by atoms with van der Waals surface area (Å²) in [4.78, 5) is 8.01. The second-order valence-electron chi connectivity index (χ2n) is 8.41. The van der Waals surface area contributed by atoms with E-state index in [1.807, 2.05) is 61.5 Å². The number of hydrogen-bond donors (Lipinski definition) is 2. The monoisotopic (exact) mass is 500 g/mol. The van der Waals surface area contributed by atoms with Crippen LogP contribution in [0.25, 0.3) is 37.6 Å². The summed E-state index contributed by atoms with van der Waals surface area (Å²) in [6, 6.07) is 23.1. The van der Waals surface area contributed by atoms with Crippen molar-refractivity contribution in [2.75, 3.05) is 25.7 Å². The second-order valence-corrected chi connectivity index (χ2v) is 8.41. The molecule has 4 aromatic carbocycles. The van der Waals surface area contributed by atoms with Crippen LogP contribution in [0.3, 0.4) is 0 Å². The fourth-order valence-corrected chi connectivity index (χ4v) is 4.36. The summed E-state index contributed by atoms with van der Waals surface area (Å²) < 4.78 is 10.4. The molecule has 0 amide bonds. The van der Waals surface area contributed by atoms with Crippen molar-refractivity contribution >= 4 is 38.9 Å². The van der Waals surface area contributed by atoms with E-state index in [9.17, 15) is 0 Å². The zero-order valence-corrected chi connectivity index (χ0v) is 23.8. The Kier molecular flexibility index (Phi) is 9.01. The fourth-order valence-electron chi connectivity index (χ4n) is 4.36. The average Bonchev–Trinajstić information content (AvgIpc) is 2.88. The molecular weight excluding hydrogens is 471 g/mol. The first-order valence-electron chi connectivity index (χ1n) is 11.4. The van der Waals surface area contributed by atoms with E-state index in [-0.39, 0.29) is 31.0 Å². The molecule has 0 spiro atoms. The molecule has 1 heterocycles. The van der Waals surface area contributed by atoms with Gasteiger partial charge in [0, 0.05) is 16.5 Å². The fraction of sp³-hybridized carbons (Fsp3) is 0.133. The van der Waals surface area contributed by atoms with Crippen molar-refractivity contribution in [3.05, 3.63) is 95.3 Å². The standard InChI is InChI=1S/2C15H14N2O.Na.H/c1-9-4-3-5-13-14(9)11-7-6-10(18-2)8-12(11)15(16)17-13;1-10-5-4-6-13(16)15(10)12-9-11(18-3)7-8-14(12)17-2;;/h3-8H,1-2H3,(H2,16,17);4-9H,16H2,1,3H3;;/q;;+1;-1. The number of methoxy groups -OCH3 is 2. The quantitative estimate of drug-likeness (QED) is 0.168. The van der Waals surface area contributed by atoms with Crippen molar-refractivity contribution in [3.8, 4) is 22.6 Å². The Morgan fingerprint density at radius 2 is 1.46 bits per heavy atom. The number of nitrogens with two attached hydrogens (primary N) is 2. The van der Waals surface area contributed by atoms with Crippen LogP contribution < -0.4 is 50.5 Å². The van der Waals surface area contributed by atoms with Gasteiger partial charge in [-0.15, -0.1) is 0 Å². The Morgan fingerprint density at radius 1 is 0.811 bits per heavy atom. The number of aromatic nitrogens is 1. The van der Waals surface area contributed by atoms with Gasteiger partial charge in [-0.2, -0.15) is 0 Å². The van der Waals surface area contributed by atoms with E-state index in [0.29, 0.717) is 17.2 Å².